The van der Waals surface area contributed by atoms with E-state index in [0.717, 1.165) is 5.56 Å². The molecule has 1 aromatic heterocycles. The molecule has 0 saturated carbocycles. The maximum Gasteiger partial charge on any atom is 0.343 e. The molecule has 24 heavy (non-hydrogen) atoms. The van der Waals surface area contributed by atoms with Gasteiger partial charge in [0.05, 0.1) is 12.3 Å². The van der Waals surface area contributed by atoms with Crippen molar-refractivity contribution < 1.29 is 14.6 Å². The third-order valence-corrected chi connectivity index (χ3v) is 4.14. The second-order valence-corrected chi connectivity index (χ2v) is 5.71. The summed E-state index contributed by atoms with van der Waals surface area (Å²) >= 11 is 0. The number of fused-ring (bicyclic) bond motifs is 3. The standard InChI is InChI=1S/C17H16N2O5/c1-3-24-17(22)12-8-19-9(2)4-10-5-13(18-23)16(21)6-11(10)14(19)7-15(12)20/h5-9,21H,3-4H2,1-2H3. The first-order chi connectivity index (χ1) is 11.5. The molecule has 7 nitrogen and oxygen atoms in total. The van der Waals surface area contributed by atoms with Crippen LogP contribution in [0.4, 0.5) is 5.69 Å². The van der Waals surface area contributed by atoms with Crippen LogP contribution in [0, 0.1) is 4.91 Å². The Hall–Kier alpha value is -2.96. The van der Waals surface area contributed by atoms with Gasteiger partial charge in [0.2, 0.25) is 0 Å². The molecule has 0 spiro atoms. The van der Waals surface area contributed by atoms with Gasteiger partial charge < -0.3 is 14.4 Å². The molecule has 7 heteroatoms. The van der Waals surface area contributed by atoms with Crippen LogP contribution in [0.5, 0.6) is 5.75 Å². The van der Waals surface area contributed by atoms with E-state index in [1.165, 1.54) is 24.4 Å². The summed E-state index contributed by atoms with van der Waals surface area (Å²) in [6, 6.07) is 4.27. The predicted octanol–water partition coefficient (Wildman–Crippen LogP) is 2.91. The van der Waals surface area contributed by atoms with Gasteiger partial charge in [0, 0.05) is 23.9 Å². The Labute approximate surface area is 137 Å². The van der Waals surface area contributed by atoms with Gasteiger partial charge in [0.15, 0.2) is 5.43 Å². The highest BCUT2D eigenvalue weighted by Gasteiger charge is 2.25. The summed E-state index contributed by atoms with van der Waals surface area (Å²) < 4.78 is 6.72. The van der Waals surface area contributed by atoms with E-state index in [0.29, 0.717) is 17.7 Å². The van der Waals surface area contributed by atoms with Crippen molar-refractivity contribution in [3.63, 3.8) is 0 Å². The molecule has 1 aliphatic heterocycles. The number of pyridine rings is 1. The number of carbonyl (C=O) groups is 1. The van der Waals surface area contributed by atoms with Gasteiger partial charge in [-0.3, -0.25) is 4.79 Å². The van der Waals surface area contributed by atoms with Crippen molar-refractivity contribution in [2.45, 2.75) is 26.3 Å². The first-order valence-corrected chi connectivity index (χ1v) is 7.59. The van der Waals surface area contributed by atoms with Gasteiger partial charge in [-0.05, 0) is 43.1 Å². The summed E-state index contributed by atoms with van der Waals surface area (Å²) in [5, 5.41) is 12.7. The summed E-state index contributed by atoms with van der Waals surface area (Å²) in [7, 11) is 0. The summed E-state index contributed by atoms with van der Waals surface area (Å²) in [5.74, 6) is -0.897. The quantitative estimate of drug-likeness (QED) is 0.690. The van der Waals surface area contributed by atoms with Crippen molar-refractivity contribution in [1.82, 2.24) is 4.57 Å². The third kappa shape index (κ3) is 2.47. The number of carbonyl (C=O) groups excluding carboxylic acids is 1. The number of hydrogen-bond donors (Lipinski definition) is 1. The van der Waals surface area contributed by atoms with Crippen LogP contribution >= 0.6 is 0 Å². The molecule has 0 radical (unpaired) electrons. The Bertz CT molecular complexity index is 901. The molecule has 1 atom stereocenters. The third-order valence-electron chi connectivity index (χ3n) is 4.14. The first kappa shape index (κ1) is 15.9. The number of nitroso groups, excluding NO2 is 1. The summed E-state index contributed by atoms with van der Waals surface area (Å²) in [6.07, 6.45) is 2.07. The van der Waals surface area contributed by atoms with Crippen molar-refractivity contribution in [3.8, 4) is 17.0 Å². The van der Waals surface area contributed by atoms with Gasteiger partial charge in [-0.2, -0.15) is 0 Å². The van der Waals surface area contributed by atoms with Gasteiger partial charge in [-0.25, -0.2) is 4.79 Å². The maximum atomic E-state index is 12.3. The second-order valence-electron chi connectivity index (χ2n) is 5.71. The number of nitrogens with zero attached hydrogens (tertiary/aromatic N) is 2. The van der Waals surface area contributed by atoms with E-state index in [2.05, 4.69) is 5.18 Å². The van der Waals surface area contributed by atoms with Crippen LogP contribution in [0.1, 0.15) is 35.8 Å². The van der Waals surface area contributed by atoms with Crippen molar-refractivity contribution in [1.29, 1.82) is 0 Å². The molecule has 2 heterocycles. The molecule has 1 N–H and O–H groups in total. The second kappa shape index (κ2) is 5.92. The lowest BCUT2D eigenvalue weighted by Crippen LogP contribution is -2.25. The number of benzene rings is 1. The molecule has 0 bridgehead atoms. The minimum atomic E-state index is -0.654. The summed E-state index contributed by atoms with van der Waals surface area (Å²) in [5.41, 5.74) is 1.54. The number of hydrogen-bond acceptors (Lipinski definition) is 6. The van der Waals surface area contributed by atoms with Crippen LogP contribution in [-0.4, -0.2) is 22.2 Å². The van der Waals surface area contributed by atoms with E-state index in [9.17, 15) is 19.6 Å². The number of ether oxygens (including phenoxy) is 1. The Balaban J connectivity index is 2.21. The van der Waals surface area contributed by atoms with Gasteiger partial charge in [-0.1, -0.05) is 0 Å². The van der Waals surface area contributed by atoms with Gasteiger partial charge >= 0.3 is 5.97 Å². The highest BCUT2D eigenvalue weighted by atomic mass is 16.5. The summed E-state index contributed by atoms with van der Waals surface area (Å²) in [6.45, 7) is 3.80. The predicted molar refractivity (Wildman–Crippen MR) is 87.6 cm³/mol. The van der Waals surface area contributed by atoms with Crippen LogP contribution in [0.25, 0.3) is 11.3 Å². The molecule has 1 aromatic carbocycles. The Morgan fingerprint density at radius 3 is 2.83 bits per heavy atom. The van der Waals surface area contributed by atoms with E-state index in [1.54, 1.807) is 6.92 Å². The minimum absolute atomic E-state index is 0.0219. The molecular formula is C17H16N2O5. The van der Waals surface area contributed by atoms with Gasteiger partial charge in [-0.15, -0.1) is 4.91 Å². The lowest BCUT2D eigenvalue weighted by Gasteiger charge is -2.28. The van der Waals surface area contributed by atoms with Crippen molar-refractivity contribution >= 4 is 11.7 Å². The topological polar surface area (TPSA) is 98.0 Å². The van der Waals surface area contributed by atoms with E-state index in [1.807, 2.05) is 11.5 Å². The van der Waals surface area contributed by atoms with Crippen molar-refractivity contribution in [3.05, 3.63) is 50.7 Å². The van der Waals surface area contributed by atoms with Gasteiger partial charge in [0.1, 0.15) is 17.0 Å². The molecule has 1 aliphatic rings. The van der Waals surface area contributed by atoms with E-state index in [4.69, 9.17) is 4.74 Å². The first-order valence-electron chi connectivity index (χ1n) is 7.59. The average Bonchev–Trinajstić information content (AvgIpc) is 2.55. The fraction of sp³-hybridized carbons (Fsp3) is 0.294. The molecule has 124 valence electrons. The zero-order valence-corrected chi connectivity index (χ0v) is 13.3. The molecular weight excluding hydrogens is 312 g/mol. The molecule has 0 aliphatic carbocycles. The largest absolute Gasteiger partial charge is 0.506 e. The monoisotopic (exact) mass is 328 g/mol. The maximum absolute atomic E-state index is 12.3. The number of aromatic hydroxyl groups is 1. The highest BCUT2D eigenvalue weighted by Crippen LogP contribution is 2.40. The van der Waals surface area contributed by atoms with E-state index < -0.39 is 11.4 Å². The zero-order chi connectivity index (χ0) is 17.4. The molecule has 2 aromatic rings. The lowest BCUT2D eigenvalue weighted by molar-refractivity contribution is 0.0523. The van der Waals surface area contributed by atoms with Crippen molar-refractivity contribution in [2.24, 2.45) is 5.18 Å². The fourth-order valence-corrected chi connectivity index (χ4v) is 3.01. The molecule has 0 amide bonds. The SMILES string of the molecule is CCOC(=O)c1cn2c(cc1=O)-c1cc(O)c(N=O)cc1CC2C. The lowest BCUT2D eigenvalue weighted by atomic mass is 9.92. The molecule has 3 rings (SSSR count). The molecule has 0 saturated heterocycles. The number of esters is 1. The van der Waals surface area contributed by atoms with E-state index >= 15 is 0 Å². The Morgan fingerprint density at radius 1 is 1.42 bits per heavy atom. The smallest absolute Gasteiger partial charge is 0.343 e. The number of phenolic OH excluding ortho intramolecular Hbond substituents is 1. The molecule has 1 unspecified atom stereocenters. The van der Waals surface area contributed by atoms with Crippen LogP contribution in [0.3, 0.4) is 0 Å². The number of phenols is 1. The zero-order valence-electron chi connectivity index (χ0n) is 13.3. The van der Waals surface area contributed by atoms with Crippen LogP contribution in [0.15, 0.2) is 34.4 Å². The Kier molecular flexibility index (Phi) is 3.92. The molecule has 0 fully saturated rings. The van der Waals surface area contributed by atoms with Crippen LogP contribution in [-0.2, 0) is 11.2 Å². The van der Waals surface area contributed by atoms with Crippen molar-refractivity contribution in [2.75, 3.05) is 6.61 Å². The minimum Gasteiger partial charge on any atom is -0.506 e. The summed E-state index contributed by atoms with van der Waals surface area (Å²) in [4.78, 5) is 35.0. The average molecular weight is 328 g/mol. The highest BCUT2D eigenvalue weighted by molar-refractivity contribution is 5.89. The van der Waals surface area contributed by atoms with Crippen LogP contribution in [0.2, 0.25) is 0 Å². The number of aromatic nitrogens is 1. The van der Waals surface area contributed by atoms with Gasteiger partial charge in [0.25, 0.3) is 0 Å². The normalized spacial score (nSPS) is 15.3. The van der Waals surface area contributed by atoms with Crippen LogP contribution < -0.4 is 5.43 Å². The number of rotatable bonds is 3. The fourth-order valence-electron chi connectivity index (χ4n) is 3.01. The Morgan fingerprint density at radius 2 is 2.17 bits per heavy atom. The van der Waals surface area contributed by atoms with E-state index in [-0.39, 0.29) is 29.6 Å².